The molecule has 0 bridgehead atoms. The maximum absolute atomic E-state index is 13.0. The molecule has 2 fully saturated rings. The summed E-state index contributed by atoms with van der Waals surface area (Å²) in [6, 6.07) is -0.922. The first kappa shape index (κ1) is 50.6. The summed E-state index contributed by atoms with van der Waals surface area (Å²) in [5.74, 6) is -0.254. The molecule has 14 heteroatoms. The molecule has 328 valence electrons. The third kappa shape index (κ3) is 19.0. The molecule has 0 aromatic heterocycles. The average Bonchev–Trinajstić information content (AvgIpc) is 3.19. The minimum absolute atomic E-state index is 0.254. The lowest BCUT2D eigenvalue weighted by molar-refractivity contribution is -0.359. The van der Waals surface area contributed by atoms with Crippen molar-refractivity contribution in [3.05, 3.63) is 24.3 Å². The Bertz CT molecular complexity index is 1050. The fourth-order valence-corrected chi connectivity index (χ4v) is 7.01. The summed E-state index contributed by atoms with van der Waals surface area (Å²) in [7, 11) is 0. The van der Waals surface area contributed by atoms with Crippen LogP contribution in [0.25, 0.3) is 0 Å². The first-order chi connectivity index (χ1) is 27.1. The predicted octanol–water partition coefficient (Wildman–Crippen LogP) is 3.43. The van der Waals surface area contributed by atoms with Crippen molar-refractivity contribution in [1.82, 2.24) is 5.32 Å². The predicted molar refractivity (Wildman–Crippen MR) is 212 cm³/mol. The van der Waals surface area contributed by atoms with E-state index in [9.17, 15) is 45.6 Å². The highest BCUT2D eigenvalue weighted by atomic mass is 16.7. The second-order valence-corrected chi connectivity index (χ2v) is 15.5. The van der Waals surface area contributed by atoms with Gasteiger partial charge >= 0.3 is 0 Å². The van der Waals surface area contributed by atoms with Crippen molar-refractivity contribution in [2.75, 3.05) is 19.8 Å². The second kappa shape index (κ2) is 30.5. The molecule has 2 aliphatic rings. The highest BCUT2D eigenvalue weighted by Gasteiger charge is 2.50. The van der Waals surface area contributed by atoms with Crippen LogP contribution in [-0.2, 0) is 23.7 Å². The van der Waals surface area contributed by atoms with Gasteiger partial charge in [0.2, 0.25) is 5.91 Å². The topological polar surface area (TPSA) is 228 Å². The zero-order valence-corrected chi connectivity index (χ0v) is 34.1. The van der Waals surface area contributed by atoms with Crippen LogP contribution in [0, 0.1) is 0 Å². The van der Waals surface area contributed by atoms with Gasteiger partial charge in [-0.15, -0.1) is 0 Å². The minimum Gasteiger partial charge on any atom is -0.394 e. The number of aliphatic hydroxyl groups excluding tert-OH is 8. The molecule has 0 radical (unpaired) electrons. The Hall–Kier alpha value is -1.53. The number of hydrogen-bond acceptors (Lipinski definition) is 13. The zero-order chi connectivity index (χ0) is 41.1. The summed E-state index contributed by atoms with van der Waals surface area (Å²) < 4.78 is 22.5. The van der Waals surface area contributed by atoms with Crippen LogP contribution in [0.3, 0.4) is 0 Å². The highest BCUT2D eigenvalue weighted by molar-refractivity contribution is 5.76. The summed E-state index contributed by atoms with van der Waals surface area (Å²) >= 11 is 0. The molecule has 2 saturated heterocycles. The highest BCUT2D eigenvalue weighted by Crippen LogP contribution is 2.30. The standard InChI is InChI=1S/C42H77NO13/c1-3-5-7-9-11-13-15-16-18-20-22-24-26-34(47)43-30(31(46)25-23-21-19-17-14-12-10-8-6-4-2)29-53-41-39(52)37(50)40(33(28-45)55-41)56-42-38(51)36(49)35(48)32(27-44)54-42/h14,17,23,25,30-33,35-42,44-46,48-52H,3-13,15-16,18-22,24,26-29H2,1-2H3,(H,43,47)/b17-14+,25-23+. The van der Waals surface area contributed by atoms with Crippen molar-refractivity contribution < 1.29 is 64.6 Å². The van der Waals surface area contributed by atoms with E-state index in [0.717, 1.165) is 32.1 Å². The van der Waals surface area contributed by atoms with Crippen molar-refractivity contribution >= 4 is 5.91 Å². The number of amides is 1. The number of carbonyl (C=O) groups is 1. The number of allylic oxidation sites excluding steroid dienone is 3. The summed E-state index contributed by atoms with van der Waals surface area (Å²) in [5, 5.41) is 86.2. The molecule has 1 amide bonds. The van der Waals surface area contributed by atoms with Crippen LogP contribution in [-0.4, -0.2) is 140 Å². The van der Waals surface area contributed by atoms with Gasteiger partial charge in [-0.25, -0.2) is 0 Å². The van der Waals surface area contributed by atoms with Gasteiger partial charge in [-0.2, -0.15) is 0 Å². The smallest absolute Gasteiger partial charge is 0.220 e. The molecule has 0 aromatic carbocycles. The lowest BCUT2D eigenvalue weighted by Gasteiger charge is -2.46. The Balaban J connectivity index is 1.94. The number of aliphatic hydroxyl groups is 8. The maximum Gasteiger partial charge on any atom is 0.220 e. The number of hydrogen-bond donors (Lipinski definition) is 9. The van der Waals surface area contributed by atoms with Crippen LogP contribution in [0.2, 0.25) is 0 Å². The second-order valence-electron chi connectivity index (χ2n) is 15.5. The number of unbranched alkanes of at least 4 members (excludes halogenated alkanes) is 16. The number of nitrogens with one attached hydrogen (secondary N) is 1. The van der Waals surface area contributed by atoms with E-state index in [2.05, 4.69) is 31.3 Å². The normalized spacial score (nSPS) is 29.6. The van der Waals surface area contributed by atoms with Gasteiger partial charge in [0.25, 0.3) is 0 Å². The van der Waals surface area contributed by atoms with Crippen molar-refractivity contribution in [1.29, 1.82) is 0 Å². The van der Waals surface area contributed by atoms with Gasteiger partial charge in [0.15, 0.2) is 12.6 Å². The van der Waals surface area contributed by atoms with Gasteiger partial charge in [-0.3, -0.25) is 4.79 Å². The van der Waals surface area contributed by atoms with E-state index >= 15 is 0 Å². The largest absolute Gasteiger partial charge is 0.394 e. The molecule has 0 saturated carbocycles. The van der Waals surface area contributed by atoms with Gasteiger partial charge < -0.3 is 65.1 Å². The quantitative estimate of drug-likeness (QED) is 0.0362. The molecule has 0 spiro atoms. The fraction of sp³-hybridized carbons (Fsp3) is 0.881. The summed E-state index contributed by atoms with van der Waals surface area (Å²) in [4.78, 5) is 13.0. The molecule has 12 unspecified atom stereocenters. The van der Waals surface area contributed by atoms with Crippen LogP contribution in [0.1, 0.15) is 142 Å². The molecular weight excluding hydrogens is 726 g/mol. The summed E-state index contributed by atoms with van der Waals surface area (Å²) in [6.45, 7) is 2.68. The van der Waals surface area contributed by atoms with E-state index in [1.807, 2.05) is 6.08 Å². The van der Waals surface area contributed by atoms with Gasteiger partial charge in [-0.05, 0) is 32.1 Å². The fourth-order valence-electron chi connectivity index (χ4n) is 7.01. The molecule has 9 N–H and O–H groups in total. The number of rotatable bonds is 31. The maximum atomic E-state index is 13.0. The van der Waals surface area contributed by atoms with E-state index in [0.29, 0.717) is 12.8 Å². The van der Waals surface area contributed by atoms with Crippen molar-refractivity contribution in [3.8, 4) is 0 Å². The molecule has 2 aliphatic heterocycles. The van der Waals surface area contributed by atoms with Crippen LogP contribution < -0.4 is 5.32 Å². The summed E-state index contributed by atoms with van der Waals surface area (Å²) in [6.07, 6.45) is 12.4. The Morgan fingerprint density at radius 3 is 1.75 bits per heavy atom. The third-order valence-electron chi connectivity index (χ3n) is 10.6. The monoisotopic (exact) mass is 804 g/mol. The van der Waals surface area contributed by atoms with Crippen LogP contribution in [0.5, 0.6) is 0 Å². The first-order valence-corrected chi connectivity index (χ1v) is 21.6. The molecular formula is C42H77NO13. The zero-order valence-electron chi connectivity index (χ0n) is 34.1. The minimum atomic E-state index is -1.79. The molecule has 12 atom stereocenters. The molecule has 56 heavy (non-hydrogen) atoms. The van der Waals surface area contributed by atoms with E-state index in [1.165, 1.54) is 77.0 Å². The summed E-state index contributed by atoms with van der Waals surface area (Å²) in [5.41, 5.74) is 0. The van der Waals surface area contributed by atoms with Crippen LogP contribution in [0.4, 0.5) is 0 Å². The SMILES string of the molecule is CCCCCC/C=C/CC/C=C/C(O)C(COC1OC(CO)C(OC2OC(CO)C(O)C(O)C2O)C(O)C1O)NC(=O)CCCCCCCCCCCCCC. The Morgan fingerprint density at radius 2 is 1.14 bits per heavy atom. The van der Waals surface area contributed by atoms with Crippen molar-refractivity contribution in [2.45, 2.75) is 216 Å². The third-order valence-corrected chi connectivity index (χ3v) is 10.6. The first-order valence-electron chi connectivity index (χ1n) is 21.6. The van der Waals surface area contributed by atoms with E-state index in [-0.39, 0.29) is 18.9 Å². The number of carbonyl (C=O) groups excluding carboxylic acids is 1. The number of ether oxygens (including phenoxy) is 4. The molecule has 14 nitrogen and oxygen atoms in total. The van der Waals surface area contributed by atoms with Gasteiger partial charge in [0.05, 0.1) is 32.0 Å². The van der Waals surface area contributed by atoms with Crippen molar-refractivity contribution in [2.24, 2.45) is 0 Å². The van der Waals surface area contributed by atoms with Crippen LogP contribution >= 0.6 is 0 Å². The lowest BCUT2D eigenvalue weighted by atomic mass is 9.97. The van der Waals surface area contributed by atoms with E-state index in [1.54, 1.807) is 6.08 Å². The molecule has 0 aromatic rings. The molecule has 2 heterocycles. The average molecular weight is 804 g/mol. The Kier molecular flexibility index (Phi) is 27.6. The van der Waals surface area contributed by atoms with E-state index < -0.39 is 86.8 Å². The Morgan fingerprint density at radius 1 is 0.625 bits per heavy atom. The Labute approximate surface area is 335 Å². The van der Waals surface area contributed by atoms with Gasteiger partial charge in [-0.1, -0.05) is 128 Å². The van der Waals surface area contributed by atoms with Crippen molar-refractivity contribution in [3.63, 3.8) is 0 Å². The molecule has 0 aliphatic carbocycles. The van der Waals surface area contributed by atoms with Gasteiger partial charge in [0.1, 0.15) is 48.8 Å². The lowest BCUT2D eigenvalue weighted by Crippen LogP contribution is -2.65. The van der Waals surface area contributed by atoms with Crippen LogP contribution in [0.15, 0.2) is 24.3 Å². The van der Waals surface area contributed by atoms with E-state index in [4.69, 9.17) is 18.9 Å². The van der Waals surface area contributed by atoms with Gasteiger partial charge in [0, 0.05) is 6.42 Å². The molecule has 2 rings (SSSR count).